The molecule has 0 spiro atoms. The standard InChI is InChI=1S/C17H16N2O2S2.C2H4F2.CH3F/c1-11-18-16(12-7-9-13(10-8-12)23(2,20)21)17(19-11)14-5-3-4-6-15(14)22;1-2(3)4;1-2/h3-5,7-10H,6H2,1-2H3,(H,18,19);2H,1H3;1H3. The highest BCUT2D eigenvalue weighted by Crippen LogP contribution is 2.30. The number of thiocarbonyl (C=S) groups is 1. The van der Waals surface area contributed by atoms with Gasteiger partial charge in [-0.15, -0.1) is 0 Å². The molecule has 0 saturated carbocycles. The Kier molecular flexibility index (Phi) is 9.45. The van der Waals surface area contributed by atoms with Crippen molar-refractivity contribution < 1.29 is 21.6 Å². The number of alkyl halides is 3. The number of nitrogens with zero attached hydrogens (tertiary/aromatic N) is 1. The minimum Gasteiger partial charge on any atom is -0.342 e. The van der Waals surface area contributed by atoms with Gasteiger partial charge < -0.3 is 4.98 Å². The van der Waals surface area contributed by atoms with Gasteiger partial charge in [0.25, 0.3) is 0 Å². The van der Waals surface area contributed by atoms with Gasteiger partial charge in [0, 0.05) is 28.7 Å². The molecular weight excluding hydrogens is 421 g/mol. The average Bonchev–Trinajstić information content (AvgIpc) is 3.04. The van der Waals surface area contributed by atoms with Gasteiger partial charge in [-0.2, -0.15) is 0 Å². The highest BCUT2D eigenvalue weighted by atomic mass is 32.2. The number of aryl methyl sites for hydroxylation is 1. The molecule has 0 amide bonds. The van der Waals surface area contributed by atoms with Crippen LogP contribution in [0.2, 0.25) is 0 Å². The lowest BCUT2D eigenvalue weighted by Crippen LogP contribution is -2.02. The number of benzene rings is 1. The quantitative estimate of drug-likeness (QED) is 0.648. The molecule has 0 radical (unpaired) electrons. The lowest BCUT2D eigenvalue weighted by molar-refractivity contribution is 0.171. The molecule has 0 fully saturated rings. The van der Waals surface area contributed by atoms with Crippen molar-refractivity contribution in [1.29, 1.82) is 0 Å². The Morgan fingerprint density at radius 1 is 1.17 bits per heavy atom. The Hall–Kier alpha value is -2.26. The van der Waals surface area contributed by atoms with Gasteiger partial charge in [0.1, 0.15) is 5.82 Å². The minimum atomic E-state index is -3.21. The van der Waals surface area contributed by atoms with E-state index in [0.717, 1.165) is 46.6 Å². The maximum absolute atomic E-state index is 11.6. The first-order valence-corrected chi connectivity index (χ1v) is 10.8. The molecule has 3 rings (SSSR count). The van der Waals surface area contributed by atoms with Crippen LogP contribution in [0.1, 0.15) is 24.9 Å². The van der Waals surface area contributed by atoms with Crippen molar-refractivity contribution in [1.82, 2.24) is 9.97 Å². The summed E-state index contributed by atoms with van der Waals surface area (Å²) in [6.45, 7) is 2.72. The van der Waals surface area contributed by atoms with Crippen LogP contribution in [0.5, 0.6) is 0 Å². The van der Waals surface area contributed by atoms with E-state index in [9.17, 15) is 21.6 Å². The highest BCUT2D eigenvalue weighted by Gasteiger charge is 2.18. The van der Waals surface area contributed by atoms with Gasteiger partial charge in [0.2, 0.25) is 6.43 Å². The monoisotopic (exact) mass is 444 g/mol. The van der Waals surface area contributed by atoms with Crippen LogP contribution in [0, 0.1) is 6.92 Å². The fraction of sp³-hybridized carbons (Fsp3) is 0.300. The molecule has 2 aromatic rings. The number of rotatable bonds is 3. The smallest absolute Gasteiger partial charge is 0.235 e. The number of H-pyrrole nitrogens is 1. The zero-order valence-electron chi connectivity index (χ0n) is 16.5. The fourth-order valence-corrected chi connectivity index (χ4v) is 3.42. The third-order valence-electron chi connectivity index (χ3n) is 3.65. The molecule has 1 heterocycles. The third-order valence-corrected chi connectivity index (χ3v) is 5.17. The van der Waals surface area contributed by atoms with E-state index in [1.165, 1.54) is 6.26 Å². The molecule has 0 atom stereocenters. The van der Waals surface area contributed by atoms with E-state index in [4.69, 9.17) is 12.2 Å². The van der Waals surface area contributed by atoms with Crippen molar-refractivity contribution in [3.63, 3.8) is 0 Å². The Bertz CT molecular complexity index is 990. The van der Waals surface area contributed by atoms with E-state index in [1.807, 2.05) is 25.2 Å². The van der Waals surface area contributed by atoms with E-state index in [2.05, 4.69) is 9.97 Å². The van der Waals surface area contributed by atoms with Gasteiger partial charge >= 0.3 is 0 Å². The van der Waals surface area contributed by atoms with Gasteiger partial charge in [0.15, 0.2) is 9.84 Å². The number of nitrogens with one attached hydrogen (secondary N) is 1. The summed E-state index contributed by atoms with van der Waals surface area (Å²) in [7, 11) is -2.71. The summed E-state index contributed by atoms with van der Waals surface area (Å²) < 4.78 is 53.3. The summed E-state index contributed by atoms with van der Waals surface area (Å²) in [6, 6.07) is 6.76. The van der Waals surface area contributed by atoms with Crippen molar-refractivity contribution in [2.75, 3.05) is 13.4 Å². The first-order valence-electron chi connectivity index (χ1n) is 8.53. The Morgan fingerprint density at radius 3 is 2.21 bits per heavy atom. The van der Waals surface area contributed by atoms with E-state index in [0.29, 0.717) is 12.1 Å². The number of imidazole rings is 1. The predicted molar refractivity (Wildman–Crippen MR) is 115 cm³/mol. The van der Waals surface area contributed by atoms with Gasteiger partial charge in [0.05, 0.1) is 23.5 Å². The van der Waals surface area contributed by atoms with Gasteiger partial charge in [-0.05, 0) is 26.0 Å². The predicted octanol–water partition coefficient (Wildman–Crippen LogP) is 5.36. The zero-order valence-corrected chi connectivity index (χ0v) is 18.2. The van der Waals surface area contributed by atoms with Crippen molar-refractivity contribution in [3.05, 3.63) is 54.0 Å². The van der Waals surface area contributed by atoms with Crippen LogP contribution in [-0.2, 0) is 9.84 Å². The van der Waals surface area contributed by atoms with Crippen LogP contribution in [0.3, 0.4) is 0 Å². The topological polar surface area (TPSA) is 62.8 Å². The number of aromatic amines is 1. The van der Waals surface area contributed by atoms with E-state index in [1.54, 1.807) is 24.3 Å². The van der Waals surface area contributed by atoms with E-state index >= 15 is 0 Å². The number of halogens is 3. The van der Waals surface area contributed by atoms with Crippen molar-refractivity contribution >= 4 is 32.5 Å². The second-order valence-corrected chi connectivity index (χ2v) is 8.51. The molecule has 0 saturated heterocycles. The lowest BCUT2D eigenvalue weighted by atomic mass is 9.98. The molecule has 29 heavy (non-hydrogen) atoms. The molecule has 0 aliphatic heterocycles. The second-order valence-electron chi connectivity index (χ2n) is 6.00. The first kappa shape index (κ1) is 24.8. The summed E-state index contributed by atoms with van der Waals surface area (Å²) in [6.07, 6.45) is 5.76. The Labute approximate surface area is 174 Å². The molecule has 1 N–H and O–H groups in total. The number of hydrogen-bond acceptors (Lipinski definition) is 4. The minimum absolute atomic E-state index is 0.297. The lowest BCUT2D eigenvalue weighted by Gasteiger charge is -2.11. The average molecular weight is 445 g/mol. The van der Waals surface area contributed by atoms with Crippen LogP contribution in [0.15, 0.2) is 47.4 Å². The molecule has 4 nitrogen and oxygen atoms in total. The van der Waals surface area contributed by atoms with Crippen molar-refractivity contribution in [2.45, 2.75) is 31.6 Å². The van der Waals surface area contributed by atoms with Gasteiger partial charge in [-0.25, -0.2) is 22.2 Å². The van der Waals surface area contributed by atoms with Gasteiger partial charge in [-0.1, -0.05) is 42.6 Å². The first-order chi connectivity index (χ1) is 13.6. The van der Waals surface area contributed by atoms with Crippen LogP contribution < -0.4 is 0 Å². The molecule has 158 valence electrons. The highest BCUT2D eigenvalue weighted by molar-refractivity contribution is 7.90. The van der Waals surface area contributed by atoms with Crippen LogP contribution in [0.25, 0.3) is 16.8 Å². The zero-order chi connectivity index (χ0) is 22.2. The van der Waals surface area contributed by atoms with Crippen LogP contribution >= 0.6 is 12.2 Å². The molecule has 0 unspecified atom stereocenters. The summed E-state index contributed by atoms with van der Waals surface area (Å²) in [5.41, 5.74) is 3.48. The summed E-state index contributed by atoms with van der Waals surface area (Å²) in [5, 5.41) is 0. The van der Waals surface area contributed by atoms with Crippen LogP contribution in [0.4, 0.5) is 13.2 Å². The molecule has 1 aromatic heterocycles. The SMILES string of the molecule is CC(F)F.CF.Cc1nc(-c2ccc(S(C)(=O)=O)cc2)c(C2=CC=CCC2=S)[nH]1. The Balaban J connectivity index is 0.000000627. The summed E-state index contributed by atoms with van der Waals surface area (Å²) >= 11 is 5.45. The second kappa shape index (κ2) is 11.1. The Morgan fingerprint density at radius 2 is 1.72 bits per heavy atom. The fourth-order valence-electron chi connectivity index (χ4n) is 2.52. The van der Waals surface area contributed by atoms with Crippen LogP contribution in [-0.4, -0.2) is 43.1 Å². The number of allylic oxidation sites excluding steroid dienone is 4. The maximum atomic E-state index is 11.6. The number of aromatic nitrogens is 2. The maximum Gasteiger partial charge on any atom is 0.235 e. The van der Waals surface area contributed by atoms with E-state index < -0.39 is 16.3 Å². The molecule has 9 heteroatoms. The molecular formula is C20H23F3N2O2S2. The van der Waals surface area contributed by atoms with Crippen molar-refractivity contribution in [3.8, 4) is 11.3 Å². The molecule has 0 bridgehead atoms. The molecule has 1 aromatic carbocycles. The normalized spacial score (nSPS) is 13.2. The largest absolute Gasteiger partial charge is 0.342 e. The summed E-state index contributed by atoms with van der Waals surface area (Å²) in [4.78, 5) is 8.98. The number of hydrogen-bond donors (Lipinski definition) is 1. The molecule has 1 aliphatic carbocycles. The third kappa shape index (κ3) is 7.25. The number of sulfone groups is 1. The molecule has 1 aliphatic rings. The van der Waals surface area contributed by atoms with Gasteiger partial charge in [-0.3, -0.25) is 4.39 Å². The van der Waals surface area contributed by atoms with E-state index in [-0.39, 0.29) is 0 Å². The summed E-state index contributed by atoms with van der Waals surface area (Å²) in [5.74, 6) is 0.792. The van der Waals surface area contributed by atoms with Crippen molar-refractivity contribution in [2.24, 2.45) is 0 Å².